The average Bonchev–Trinajstić information content (AvgIpc) is 3.07. The first kappa shape index (κ1) is 23.4. The van der Waals surface area contributed by atoms with Gasteiger partial charge in [0.25, 0.3) is 0 Å². The minimum Gasteiger partial charge on any atom is -0.381 e. The number of nitrogens with zero attached hydrogens (tertiary/aromatic N) is 4. The first-order valence-corrected chi connectivity index (χ1v) is 12.6. The van der Waals surface area contributed by atoms with Crippen LogP contribution in [0.25, 0.3) is 0 Å². The number of amides is 1. The highest BCUT2D eigenvalue weighted by molar-refractivity contribution is 5.79. The SMILES string of the molecule is CC1=C(CCN2CCc3nnc(C(C)NC(=O)C4CCOCC4)n3CC2)C(C)(C)CCC1. The standard InChI is InChI=1S/C25H41N5O2/c1-18-6-5-11-25(3,4)21(18)7-12-29-13-8-22-27-28-23(30(22)15-14-29)19(2)26-24(31)20-9-16-32-17-10-20/h19-20H,5-17H2,1-4H3,(H,26,31). The molecule has 3 heterocycles. The second kappa shape index (κ2) is 10.0. The molecule has 7 nitrogen and oxygen atoms in total. The molecule has 1 aromatic rings. The lowest BCUT2D eigenvalue weighted by molar-refractivity contribution is -0.128. The van der Waals surface area contributed by atoms with E-state index in [1.54, 1.807) is 11.1 Å². The van der Waals surface area contributed by atoms with Gasteiger partial charge >= 0.3 is 0 Å². The topological polar surface area (TPSA) is 72.3 Å². The summed E-state index contributed by atoms with van der Waals surface area (Å²) in [5.74, 6) is 2.10. The summed E-state index contributed by atoms with van der Waals surface area (Å²) in [5, 5.41) is 12.1. The molecule has 1 unspecified atom stereocenters. The zero-order valence-corrected chi connectivity index (χ0v) is 20.5. The summed E-state index contributed by atoms with van der Waals surface area (Å²) in [4.78, 5) is 15.2. The van der Waals surface area contributed by atoms with Gasteiger partial charge in [-0.25, -0.2) is 0 Å². The lowest BCUT2D eigenvalue weighted by Crippen LogP contribution is -2.37. The molecular formula is C25H41N5O2. The van der Waals surface area contributed by atoms with Gasteiger partial charge in [0.15, 0.2) is 5.82 Å². The summed E-state index contributed by atoms with van der Waals surface area (Å²) in [6.45, 7) is 14.6. The van der Waals surface area contributed by atoms with E-state index in [9.17, 15) is 4.79 Å². The Morgan fingerprint density at radius 2 is 1.97 bits per heavy atom. The van der Waals surface area contributed by atoms with Crippen molar-refractivity contribution >= 4 is 5.91 Å². The lowest BCUT2D eigenvalue weighted by Gasteiger charge is -2.35. The number of fused-ring (bicyclic) bond motifs is 1. The Morgan fingerprint density at radius 1 is 1.19 bits per heavy atom. The Bertz CT molecular complexity index is 837. The molecule has 1 N–H and O–H groups in total. The number of nitrogens with one attached hydrogen (secondary N) is 1. The quantitative estimate of drug-likeness (QED) is 0.680. The van der Waals surface area contributed by atoms with Gasteiger partial charge in [-0.05, 0) is 57.8 Å². The number of aromatic nitrogens is 3. The Labute approximate surface area is 193 Å². The van der Waals surface area contributed by atoms with Crippen LogP contribution in [0.1, 0.15) is 83.9 Å². The fourth-order valence-electron chi connectivity index (χ4n) is 5.79. The van der Waals surface area contributed by atoms with Crippen molar-refractivity contribution in [1.82, 2.24) is 25.0 Å². The van der Waals surface area contributed by atoms with Gasteiger partial charge in [-0.1, -0.05) is 25.0 Å². The zero-order valence-electron chi connectivity index (χ0n) is 20.5. The summed E-state index contributed by atoms with van der Waals surface area (Å²) in [7, 11) is 0. The van der Waals surface area contributed by atoms with Crippen LogP contribution in [-0.4, -0.2) is 58.4 Å². The van der Waals surface area contributed by atoms with E-state index in [0.29, 0.717) is 18.6 Å². The summed E-state index contributed by atoms with van der Waals surface area (Å²) in [6.07, 6.45) is 7.59. The molecule has 32 heavy (non-hydrogen) atoms. The van der Waals surface area contributed by atoms with Gasteiger partial charge in [0, 0.05) is 51.7 Å². The molecule has 7 heteroatoms. The molecule has 0 radical (unpaired) electrons. The Hall–Kier alpha value is -1.73. The summed E-state index contributed by atoms with van der Waals surface area (Å²) < 4.78 is 7.63. The highest BCUT2D eigenvalue weighted by atomic mass is 16.5. The van der Waals surface area contributed by atoms with Crippen LogP contribution >= 0.6 is 0 Å². The largest absolute Gasteiger partial charge is 0.381 e. The maximum Gasteiger partial charge on any atom is 0.223 e. The molecule has 178 valence electrons. The minimum absolute atomic E-state index is 0.0509. The molecule has 1 aliphatic carbocycles. The van der Waals surface area contributed by atoms with Gasteiger partial charge in [0.05, 0.1) is 6.04 Å². The number of carbonyl (C=O) groups excluding carboxylic acids is 1. The van der Waals surface area contributed by atoms with Gasteiger partial charge in [-0.15, -0.1) is 10.2 Å². The van der Waals surface area contributed by atoms with E-state index in [1.165, 1.54) is 25.7 Å². The van der Waals surface area contributed by atoms with Crippen molar-refractivity contribution in [3.63, 3.8) is 0 Å². The molecule has 0 aromatic carbocycles. The Kier molecular flexibility index (Phi) is 7.35. The third-order valence-electron chi connectivity index (χ3n) is 7.85. The molecule has 1 amide bonds. The third-order valence-corrected chi connectivity index (χ3v) is 7.85. The van der Waals surface area contributed by atoms with Crippen molar-refractivity contribution in [2.45, 2.75) is 85.2 Å². The van der Waals surface area contributed by atoms with Crippen molar-refractivity contribution in [2.24, 2.45) is 11.3 Å². The Morgan fingerprint density at radius 3 is 2.72 bits per heavy atom. The van der Waals surface area contributed by atoms with Crippen molar-refractivity contribution in [3.05, 3.63) is 22.8 Å². The zero-order chi connectivity index (χ0) is 22.7. The van der Waals surface area contributed by atoms with Crippen molar-refractivity contribution in [1.29, 1.82) is 0 Å². The molecule has 0 spiro atoms. The van der Waals surface area contributed by atoms with E-state index in [4.69, 9.17) is 4.74 Å². The van der Waals surface area contributed by atoms with Gasteiger partial charge < -0.3 is 19.5 Å². The first-order chi connectivity index (χ1) is 15.3. The average molecular weight is 444 g/mol. The number of rotatable bonds is 6. The molecule has 0 bridgehead atoms. The molecule has 1 saturated heterocycles. The maximum absolute atomic E-state index is 12.7. The second-order valence-corrected chi connectivity index (χ2v) is 10.6. The van der Waals surface area contributed by atoms with Crippen LogP contribution in [0, 0.1) is 11.3 Å². The summed E-state index contributed by atoms with van der Waals surface area (Å²) >= 11 is 0. The number of hydrogen-bond acceptors (Lipinski definition) is 5. The number of ether oxygens (including phenoxy) is 1. The fraction of sp³-hybridized carbons (Fsp3) is 0.800. The summed E-state index contributed by atoms with van der Waals surface area (Å²) in [5.41, 5.74) is 3.64. The van der Waals surface area contributed by atoms with Crippen LogP contribution in [0.15, 0.2) is 11.1 Å². The van der Waals surface area contributed by atoms with Crippen LogP contribution in [0.4, 0.5) is 0 Å². The Balaban J connectivity index is 1.34. The first-order valence-electron chi connectivity index (χ1n) is 12.6. The van der Waals surface area contributed by atoms with Gasteiger partial charge in [0.1, 0.15) is 5.82 Å². The molecular weight excluding hydrogens is 402 g/mol. The normalized spacial score (nSPS) is 23.5. The molecule has 2 aliphatic heterocycles. The monoisotopic (exact) mass is 443 g/mol. The van der Waals surface area contributed by atoms with Crippen molar-refractivity contribution < 1.29 is 9.53 Å². The van der Waals surface area contributed by atoms with Crippen LogP contribution in [0.2, 0.25) is 0 Å². The van der Waals surface area contributed by atoms with Crippen LogP contribution in [0.5, 0.6) is 0 Å². The number of carbonyl (C=O) groups is 1. The number of allylic oxidation sites excluding steroid dienone is 1. The lowest BCUT2D eigenvalue weighted by atomic mass is 9.71. The van der Waals surface area contributed by atoms with Gasteiger partial charge in [-0.2, -0.15) is 0 Å². The molecule has 1 aromatic heterocycles. The van der Waals surface area contributed by atoms with E-state index in [-0.39, 0.29) is 17.9 Å². The molecule has 3 aliphatic rings. The van der Waals surface area contributed by atoms with Gasteiger partial charge in [0.2, 0.25) is 5.91 Å². The third kappa shape index (κ3) is 5.25. The predicted molar refractivity (Wildman–Crippen MR) is 125 cm³/mol. The molecule has 0 saturated carbocycles. The fourth-order valence-corrected chi connectivity index (χ4v) is 5.79. The predicted octanol–water partition coefficient (Wildman–Crippen LogP) is 3.66. The molecule has 4 rings (SSSR count). The minimum atomic E-state index is -0.131. The molecule has 1 atom stereocenters. The van der Waals surface area contributed by atoms with Crippen LogP contribution in [0.3, 0.4) is 0 Å². The maximum atomic E-state index is 12.7. The van der Waals surface area contributed by atoms with E-state index >= 15 is 0 Å². The van der Waals surface area contributed by atoms with Gasteiger partial charge in [-0.3, -0.25) is 4.79 Å². The second-order valence-electron chi connectivity index (χ2n) is 10.6. The van der Waals surface area contributed by atoms with Crippen molar-refractivity contribution in [2.75, 3.05) is 32.8 Å². The number of hydrogen-bond donors (Lipinski definition) is 1. The highest BCUT2D eigenvalue weighted by Gasteiger charge is 2.29. The van der Waals surface area contributed by atoms with E-state index in [0.717, 1.165) is 57.1 Å². The summed E-state index contributed by atoms with van der Waals surface area (Å²) in [6, 6.07) is -0.131. The molecule has 1 fully saturated rings. The van der Waals surface area contributed by atoms with Crippen molar-refractivity contribution in [3.8, 4) is 0 Å². The highest BCUT2D eigenvalue weighted by Crippen LogP contribution is 2.41. The van der Waals surface area contributed by atoms with E-state index in [1.807, 2.05) is 6.92 Å². The van der Waals surface area contributed by atoms with Crippen LogP contribution in [-0.2, 0) is 22.5 Å². The van der Waals surface area contributed by atoms with Crippen LogP contribution < -0.4 is 5.32 Å². The smallest absolute Gasteiger partial charge is 0.223 e. The van der Waals surface area contributed by atoms with E-state index in [2.05, 4.69) is 45.8 Å². The van der Waals surface area contributed by atoms with E-state index < -0.39 is 0 Å².